The van der Waals surface area contributed by atoms with Gasteiger partial charge < -0.3 is 15.0 Å². The number of hydrogen-bond donors (Lipinski definition) is 1. The normalized spacial score (nSPS) is 19.2. The molecule has 6 nitrogen and oxygen atoms in total. The Bertz CT molecular complexity index is 806. The second-order valence-electron chi connectivity index (χ2n) is 7.57. The second kappa shape index (κ2) is 7.72. The number of benzene rings is 1. The zero-order valence-corrected chi connectivity index (χ0v) is 16.2. The molecule has 6 heteroatoms. The molecule has 144 valence electrons. The van der Waals surface area contributed by atoms with E-state index in [1.54, 1.807) is 7.11 Å². The average Bonchev–Trinajstić information content (AvgIpc) is 3.35. The number of nitrogens with zero attached hydrogens (tertiary/aromatic N) is 3. The number of carbonyl (C=O) groups excluding carboxylic acids is 1. The van der Waals surface area contributed by atoms with Crippen LogP contribution in [0.4, 0.5) is 0 Å². The van der Waals surface area contributed by atoms with Crippen molar-refractivity contribution < 1.29 is 9.53 Å². The van der Waals surface area contributed by atoms with E-state index in [1.165, 1.54) is 11.3 Å². The molecule has 1 aromatic heterocycles. The van der Waals surface area contributed by atoms with Crippen LogP contribution in [0.2, 0.25) is 0 Å². The van der Waals surface area contributed by atoms with Crippen molar-refractivity contribution in [1.82, 2.24) is 20.0 Å². The fraction of sp³-hybridized carbons (Fsp3) is 0.524. The summed E-state index contributed by atoms with van der Waals surface area (Å²) in [6.07, 6.45) is 5.11. The SMILES string of the molecule is COc1ccc(CN[C@H]2CCc3c(c(C(=O)N4CCCC4)nn3C)C2)cc1. The van der Waals surface area contributed by atoms with Crippen LogP contribution >= 0.6 is 0 Å². The molecule has 1 amide bonds. The highest BCUT2D eigenvalue weighted by atomic mass is 16.5. The molecule has 0 unspecified atom stereocenters. The molecule has 0 spiro atoms. The van der Waals surface area contributed by atoms with Crippen LogP contribution in [0.15, 0.2) is 24.3 Å². The lowest BCUT2D eigenvalue weighted by molar-refractivity contribution is 0.0785. The van der Waals surface area contributed by atoms with Crippen molar-refractivity contribution in [2.24, 2.45) is 7.05 Å². The van der Waals surface area contributed by atoms with E-state index in [1.807, 2.05) is 28.8 Å². The maximum atomic E-state index is 12.9. The molecule has 2 aliphatic rings. The van der Waals surface area contributed by atoms with Crippen molar-refractivity contribution in [1.29, 1.82) is 0 Å². The number of amides is 1. The summed E-state index contributed by atoms with van der Waals surface area (Å²) in [5.74, 6) is 0.988. The first-order valence-electron chi connectivity index (χ1n) is 9.86. The van der Waals surface area contributed by atoms with Crippen LogP contribution in [0.3, 0.4) is 0 Å². The van der Waals surface area contributed by atoms with Gasteiger partial charge in [0.05, 0.1) is 7.11 Å². The summed E-state index contributed by atoms with van der Waals surface area (Å²) in [7, 11) is 3.65. The molecule has 1 atom stereocenters. The Labute approximate surface area is 160 Å². The fourth-order valence-electron chi connectivity index (χ4n) is 4.21. The maximum Gasteiger partial charge on any atom is 0.274 e. The van der Waals surface area contributed by atoms with Gasteiger partial charge in [-0.05, 0) is 49.8 Å². The van der Waals surface area contributed by atoms with Crippen LogP contribution < -0.4 is 10.1 Å². The van der Waals surface area contributed by atoms with Crippen LogP contribution in [0.1, 0.15) is 46.6 Å². The van der Waals surface area contributed by atoms with E-state index >= 15 is 0 Å². The monoisotopic (exact) mass is 368 g/mol. The van der Waals surface area contributed by atoms with E-state index < -0.39 is 0 Å². The zero-order chi connectivity index (χ0) is 18.8. The first-order valence-corrected chi connectivity index (χ1v) is 9.86. The number of aromatic nitrogens is 2. The third kappa shape index (κ3) is 3.72. The van der Waals surface area contributed by atoms with Gasteiger partial charge in [-0.25, -0.2) is 0 Å². The molecule has 27 heavy (non-hydrogen) atoms. The van der Waals surface area contributed by atoms with Gasteiger partial charge in [0.25, 0.3) is 5.91 Å². The summed E-state index contributed by atoms with van der Waals surface area (Å²) < 4.78 is 7.13. The van der Waals surface area contributed by atoms with Crippen molar-refractivity contribution in [3.05, 3.63) is 46.8 Å². The molecule has 0 radical (unpaired) electrons. The molecular formula is C21H28N4O2. The smallest absolute Gasteiger partial charge is 0.274 e. The largest absolute Gasteiger partial charge is 0.497 e. The Morgan fingerprint density at radius 3 is 2.70 bits per heavy atom. The lowest BCUT2D eigenvalue weighted by Gasteiger charge is -2.25. The number of carbonyl (C=O) groups is 1. The van der Waals surface area contributed by atoms with Gasteiger partial charge in [0.2, 0.25) is 0 Å². The molecule has 1 fully saturated rings. The van der Waals surface area contributed by atoms with E-state index in [4.69, 9.17) is 4.74 Å². The number of likely N-dealkylation sites (tertiary alicyclic amines) is 1. The third-order valence-corrected chi connectivity index (χ3v) is 5.80. The van der Waals surface area contributed by atoms with Gasteiger partial charge in [-0.15, -0.1) is 0 Å². The number of ether oxygens (including phenoxy) is 1. The van der Waals surface area contributed by atoms with E-state index in [-0.39, 0.29) is 5.91 Å². The molecule has 1 aliphatic carbocycles. The molecule has 1 aliphatic heterocycles. The van der Waals surface area contributed by atoms with Crippen molar-refractivity contribution in [3.63, 3.8) is 0 Å². The van der Waals surface area contributed by atoms with Gasteiger partial charge >= 0.3 is 0 Å². The maximum absolute atomic E-state index is 12.9. The lowest BCUT2D eigenvalue weighted by Crippen LogP contribution is -2.35. The highest BCUT2D eigenvalue weighted by molar-refractivity contribution is 5.94. The number of methoxy groups -OCH3 is 1. The molecule has 2 aromatic rings. The van der Waals surface area contributed by atoms with E-state index in [0.717, 1.165) is 63.1 Å². The number of nitrogens with one attached hydrogen (secondary N) is 1. The molecule has 1 aromatic carbocycles. The Hall–Kier alpha value is -2.34. The lowest BCUT2D eigenvalue weighted by atomic mass is 9.91. The quantitative estimate of drug-likeness (QED) is 0.880. The van der Waals surface area contributed by atoms with Crippen molar-refractivity contribution in [3.8, 4) is 5.75 Å². The summed E-state index contributed by atoms with van der Waals surface area (Å²) in [5, 5.41) is 8.25. The predicted octanol–water partition coefficient (Wildman–Crippen LogP) is 2.31. The summed E-state index contributed by atoms with van der Waals surface area (Å²) in [4.78, 5) is 14.9. The van der Waals surface area contributed by atoms with Gasteiger partial charge in [-0.3, -0.25) is 9.48 Å². The Balaban J connectivity index is 1.44. The van der Waals surface area contributed by atoms with Crippen LogP contribution in [-0.2, 0) is 26.4 Å². The first-order chi connectivity index (χ1) is 13.2. The average molecular weight is 368 g/mol. The summed E-state index contributed by atoms with van der Waals surface area (Å²) >= 11 is 0. The zero-order valence-electron chi connectivity index (χ0n) is 16.2. The highest BCUT2D eigenvalue weighted by Crippen LogP contribution is 2.26. The third-order valence-electron chi connectivity index (χ3n) is 5.80. The second-order valence-corrected chi connectivity index (χ2v) is 7.57. The van der Waals surface area contributed by atoms with Gasteiger partial charge in [-0.1, -0.05) is 12.1 Å². The Morgan fingerprint density at radius 1 is 1.26 bits per heavy atom. The van der Waals surface area contributed by atoms with Crippen molar-refractivity contribution in [2.45, 2.75) is 44.7 Å². The van der Waals surface area contributed by atoms with Gasteiger partial charge in [-0.2, -0.15) is 5.10 Å². The number of aryl methyl sites for hydroxylation is 1. The molecule has 1 saturated heterocycles. The first kappa shape index (κ1) is 18.0. The Kier molecular flexibility index (Phi) is 5.16. The van der Waals surface area contributed by atoms with Gasteiger partial charge in [0.15, 0.2) is 5.69 Å². The van der Waals surface area contributed by atoms with Crippen molar-refractivity contribution in [2.75, 3.05) is 20.2 Å². The topological polar surface area (TPSA) is 59.4 Å². The number of rotatable bonds is 5. The molecule has 1 N–H and O–H groups in total. The van der Waals surface area contributed by atoms with Gasteiger partial charge in [0.1, 0.15) is 5.75 Å². The van der Waals surface area contributed by atoms with Crippen LogP contribution in [0, 0.1) is 0 Å². The summed E-state index contributed by atoms with van der Waals surface area (Å²) in [6, 6.07) is 8.53. The van der Waals surface area contributed by atoms with Crippen LogP contribution in [0.5, 0.6) is 5.75 Å². The minimum Gasteiger partial charge on any atom is -0.497 e. The number of hydrogen-bond acceptors (Lipinski definition) is 4. The molecule has 4 rings (SSSR count). The van der Waals surface area contributed by atoms with Gasteiger partial charge in [0, 0.05) is 44.0 Å². The standard InChI is InChI=1S/C21H28N4O2/c1-24-19-10-7-16(22-14-15-5-8-17(27-2)9-6-15)13-18(19)20(23-24)21(26)25-11-3-4-12-25/h5-6,8-9,16,22H,3-4,7,10-14H2,1-2H3/t16-/m0/s1. The minimum atomic E-state index is 0.111. The Morgan fingerprint density at radius 2 is 2.00 bits per heavy atom. The summed E-state index contributed by atoms with van der Waals surface area (Å²) in [5.41, 5.74) is 4.28. The molecular weight excluding hydrogens is 340 g/mol. The van der Waals surface area contributed by atoms with E-state index in [2.05, 4.69) is 22.5 Å². The summed E-state index contributed by atoms with van der Waals surface area (Å²) in [6.45, 7) is 2.55. The fourth-order valence-corrected chi connectivity index (χ4v) is 4.21. The van der Waals surface area contributed by atoms with E-state index in [0.29, 0.717) is 11.7 Å². The predicted molar refractivity (Wildman–Crippen MR) is 104 cm³/mol. The molecule has 2 heterocycles. The van der Waals surface area contributed by atoms with Crippen LogP contribution in [-0.4, -0.2) is 46.8 Å². The number of fused-ring (bicyclic) bond motifs is 1. The van der Waals surface area contributed by atoms with Crippen molar-refractivity contribution >= 4 is 5.91 Å². The highest BCUT2D eigenvalue weighted by Gasteiger charge is 2.31. The van der Waals surface area contributed by atoms with Crippen LogP contribution in [0.25, 0.3) is 0 Å². The molecule has 0 bridgehead atoms. The molecule has 0 saturated carbocycles. The minimum absolute atomic E-state index is 0.111. The van der Waals surface area contributed by atoms with E-state index in [9.17, 15) is 4.79 Å².